The van der Waals surface area contributed by atoms with Crippen molar-refractivity contribution in [3.05, 3.63) is 125 Å². The minimum absolute atomic E-state index is 0.566. The summed E-state index contributed by atoms with van der Waals surface area (Å²) in [5, 5.41) is 1.32. The normalized spacial score (nSPS) is 16.6. The number of hydrogen-bond donors (Lipinski definition) is 0. The Kier molecular flexibility index (Phi) is 6.44. The van der Waals surface area contributed by atoms with Crippen LogP contribution in [0, 0.1) is 0 Å². The molecule has 0 spiro atoms. The van der Waals surface area contributed by atoms with Crippen LogP contribution >= 0.6 is 32.4 Å². The topological polar surface area (TPSA) is 18.5 Å². The van der Waals surface area contributed by atoms with Crippen LogP contribution < -0.4 is 15.9 Å². The van der Waals surface area contributed by atoms with Gasteiger partial charge in [-0.25, -0.2) is 0 Å². The van der Waals surface area contributed by atoms with Crippen LogP contribution in [0.4, 0.5) is 0 Å². The van der Waals surface area contributed by atoms with Crippen molar-refractivity contribution in [1.82, 2.24) is 0 Å². The molecule has 0 amide bonds. The fraction of sp³-hybridized carbons (Fsp3) is 0.172. The van der Waals surface area contributed by atoms with Gasteiger partial charge in [0.05, 0.1) is 0 Å². The number of hydrogen-bond acceptors (Lipinski definition) is 2. The summed E-state index contributed by atoms with van der Waals surface area (Å²) >= 11 is 11.1. The summed E-state index contributed by atoms with van der Waals surface area (Å²) in [5.74, 6) is -0.827. The molecule has 4 aromatic rings. The zero-order valence-electron chi connectivity index (χ0n) is 19.0. The van der Waals surface area contributed by atoms with Crippen LogP contribution in [0.25, 0.3) is 0 Å². The molecular weight excluding hydrogens is 527 g/mol. The maximum absolute atomic E-state index is 6.50. The van der Waals surface area contributed by atoms with E-state index in [4.69, 9.17) is 21.1 Å². The van der Waals surface area contributed by atoms with Gasteiger partial charge in [-0.05, 0) is 0 Å². The zero-order chi connectivity index (χ0) is 23.7. The van der Waals surface area contributed by atoms with Crippen molar-refractivity contribution in [2.75, 3.05) is 13.2 Å². The molecule has 2 nitrogen and oxygen atoms in total. The van der Waals surface area contributed by atoms with Crippen molar-refractivity contribution in [3.63, 3.8) is 0 Å². The molecule has 1 aliphatic heterocycles. The van der Waals surface area contributed by atoms with Crippen molar-refractivity contribution in [3.8, 4) is 0 Å². The molecule has 1 heterocycles. The summed E-state index contributed by atoms with van der Waals surface area (Å²) in [6.45, 7) is 3.12. The maximum atomic E-state index is 6.50. The summed E-state index contributed by atoms with van der Waals surface area (Å²) in [4.78, 5) is 0. The molecule has 0 atom stereocenters. The quantitative estimate of drug-likeness (QED) is 0.242. The van der Waals surface area contributed by atoms with E-state index in [1.807, 2.05) is 19.1 Å². The first-order valence-electron chi connectivity index (χ1n) is 11.4. The van der Waals surface area contributed by atoms with Crippen molar-refractivity contribution in [2.24, 2.45) is 0 Å². The van der Waals surface area contributed by atoms with Gasteiger partial charge in [0.15, 0.2) is 0 Å². The minimum atomic E-state index is -3.16. The average molecular weight is 554 g/mol. The summed E-state index contributed by atoms with van der Waals surface area (Å²) < 4.78 is 12.2. The van der Waals surface area contributed by atoms with Crippen molar-refractivity contribution < 1.29 is 9.47 Å². The second kappa shape index (κ2) is 9.22. The Labute approximate surface area is 214 Å². The Morgan fingerprint density at radius 2 is 1.18 bits per heavy atom. The molecule has 5 heteroatoms. The standard InChI is InChI=1S/C29H27BrClO2P/c1-29(32-19-20-33-29)28-21-24(31)18-17-23(28)22-34(30,25-11-5-2-6-12-25,26-13-7-3-8-14-26)27-15-9-4-10-16-27/h2-18,21H,19-20,22H2,1H3. The predicted molar refractivity (Wildman–Crippen MR) is 148 cm³/mol. The molecule has 1 aliphatic rings. The van der Waals surface area contributed by atoms with Gasteiger partial charge in [-0.1, -0.05) is 0 Å². The Morgan fingerprint density at radius 3 is 1.62 bits per heavy atom. The molecule has 5 rings (SSSR count). The van der Waals surface area contributed by atoms with E-state index < -0.39 is 11.1 Å². The third-order valence-corrected chi connectivity index (χ3v) is 16.5. The van der Waals surface area contributed by atoms with Crippen molar-refractivity contribution in [1.29, 1.82) is 0 Å². The first-order valence-corrected chi connectivity index (χ1v) is 16.2. The molecule has 0 aliphatic carbocycles. The van der Waals surface area contributed by atoms with Crippen molar-refractivity contribution >= 4 is 48.3 Å². The number of rotatable bonds is 6. The van der Waals surface area contributed by atoms with Gasteiger partial charge in [-0.3, -0.25) is 0 Å². The summed E-state index contributed by atoms with van der Waals surface area (Å²) in [5.41, 5.74) is 2.13. The predicted octanol–water partition coefficient (Wildman–Crippen LogP) is 6.90. The van der Waals surface area contributed by atoms with Crippen LogP contribution in [0.5, 0.6) is 0 Å². The van der Waals surface area contributed by atoms with E-state index >= 15 is 0 Å². The molecule has 0 N–H and O–H groups in total. The van der Waals surface area contributed by atoms with E-state index in [-0.39, 0.29) is 0 Å². The van der Waals surface area contributed by atoms with Crippen LogP contribution in [0.15, 0.2) is 109 Å². The Hall–Kier alpha value is -2.00. The second-order valence-electron chi connectivity index (χ2n) is 8.79. The summed E-state index contributed by atoms with van der Waals surface area (Å²) in [6, 6.07) is 38.5. The summed E-state index contributed by atoms with van der Waals surface area (Å²) in [6.07, 6.45) is 0.748. The van der Waals surface area contributed by atoms with E-state index in [9.17, 15) is 0 Å². The monoisotopic (exact) mass is 552 g/mol. The van der Waals surface area contributed by atoms with Gasteiger partial charge in [0.1, 0.15) is 0 Å². The van der Waals surface area contributed by atoms with Gasteiger partial charge >= 0.3 is 215 Å². The van der Waals surface area contributed by atoms with Crippen LogP contribution in [0.3, 0.4) is 0 Å². The van der Waals surface area contributed by atoms with Crippen LogP contribution in [0.1, 0.15) is 18.1 Å². The zero-order valence-corrected chi connectivity index (χ0v) is 22.3. The number of halogens is 2. The number of benzene rings is 4. The Balaban J connectivity index is 1.83. The van der Waals surface area contributed by atoms with Crippen LogP contribution in [0.2, 0.25) is 5.02 Å². The Bertz CT molecular complexity index is 1180. The van der Waals surface area contributed by atoms with E-state index in [0.29, 0.717) is 18.2 Å². The third kappa shape index (κ3) is 3.94. The van der Waals surface area contributed by atoms with E-state index in [0.717, 1.165) is 17.3 Å². The molecule has 0 aromatic heterocycles. The van der Waals surface area contributed by atoms with E-state index in [2.05, 4.69) is 113 Å². The van der Waals surface area contributed by atoms with Gasteiger partial charge in [-0.2, -0.15) is 0 Å². The molecule has 0 bridgehead atoms. The van der Waals surface area contributed by atoms with Gasteiger partial charge in [0, 0.05) is 0 Å². The first-order chi connectivity index (χ1) is 16.4. The first kappa shape index (κ1) is 23.7. The fourth-order valence-corrected chi connectivity index (χ4v) is 12.9. The number of ether oxygens (including phenoxy) is 2. The molecule has 4 aromatic carbocycles. The molecule has 1 saturated heterocycles. The molecule has 174 valence electrons. The van der Waals surface area contributed by atoms with Gasteiger partial charge in [-0.15, -0.1) is 0 Å². The van der Waals surface area contributed by atoms with Crippen LogP contribution in [-0.2, 0) is 21.4 Å². The average Bonchev–Trinajstić information content (AvgIpc) is 3.34. The molecule has 1 fully saturated rings. The third-order valence-electron chi connectivity index (χ3n) is 6.75. The molecule has 34 heavy (non-hydrogen) atoms. The molecule has 0 saturated carbocycles. The van der Waals surface area contributed by atoms with Crippen LogP contribution in [-0.4, -0.2) is 13.2 Å². The molecule has 0 unspecified atom stereocenters. The SMILES string of the molecule is CC1(c2cc(Cl)ccc2CP(Br)(c2ccccc2)(c2ccccc2)c2ccccc2)OCCO1. The van der Waals surface area contributed by atoms with Gasteiger partial charge in [0.2, 0.25) is 0 Å². The van der Waals surface area contributed by atoms with E-state index in [1.165, 1.54) is 15.9 Å². The van der Waals surface area contributed by atoms with Gasteiger partial charge in [0.25, 0.3) is 0 Å². The second-order valence-corrected chi connectivity index (χ2v) is 18.2. The summed E-state index contributed by atoms with van der Waals surface area (Å²) in [7, 11) is 0. The van der Waals surface area contributed by atoms with E-state index in [1.54, 1.807) is 0 Å². The van der Waals surface area contributed by atoms with Crippen molar-refractivity contribution in [2.45, 2.75) is 18.9 Å². The Morgan fingerprint density at radius 1 is 0.735 bits per heavy atom. The molecular formula is C29H27BrClO2P. The molecule has 0 radical (unpaired) electrons. The fourth-order valence-electron chi connectivity index (χ4n) is 5.04. The van der Waals surface area contributed by atoms with Gasteiger partial charge < -0.3 is 0 Å².